The molecule has 0 spiro atoms. The van der Waals surface area contributed by atoms with E-state index in [0.717, 1.165) is 15.4 Å². The van der Waals surface area contributed by atoms with Crippen molar-refractivity contribution in [2.45, 2.75) is 6.92 Å². The van der Waals surface area contributed by atoms with Gasteiger partial charge in [0.2, 0.25) is 0 Å². The lowest BCUT2D eigenvalue weighted by atomic mass is 10.0. The number of amides is 1. The molecule has 0 saturated heterocycles. The van der Waals surface area contributed by atoms with Crippen molar-refractivity contribution >= 4 is 38.3 Å². The first kappa shape index (κ1) is 10.9. The molecular formula is C11H10BrN3O. The quantitative estimate of drug-likeness (QED) is 0.784. The normalized spacial score (nSPS) is 10.6. The molecule has 0 bridgehead atoms. The van der Waals surface area contributed by atoms with E-state index in [1.54, 1.807) is 6.07 Å². The van der Waals surface area contributed by atoms with E-state index >= 15 is 0 Å². The van der Waals surface area contributed by atoms with Gasteiger partial charge in [0, 0.05) is 27.1 Å². The molecule has 1 aromatic heterocycles. The third-order valence-electron chi connectivity index (χ3n) is 2.46. The van der Waals surface area contributed by atoms with Gasteiger partial charge in [-0.2, -0.15) is 0 Å². The Morgan fingerprint density at radius 3 is 2.69 bits per heavy atom. The first-order chi connectivity index (χ1) is 7.52. The minimum absolute atomic E-state index is 0.253. The van der Waals surface area contributed by atoms with Crippen molar-refractivity contribution in [1.29, 1.82) is 0 Å². The van der Waals surface area contributed by atoms with E-state index in [1.165, 1.54) is 6.20 Å². The smallest absolute Gasteiger partial charge is 0.267 e. The van der Waals surface area contributed by atoms with Gasteiger partial charge >= 0.3 is 0 Å². The van der Waals surface area contributed by atoms with Crippen LogP contribution in [0, 0.1) is 6.92 Å². The number of rotatable bonds is 1. The van der Waals surface area contributed by atoms with Gasteiger partial charge in [0.15, 0.2) is 0 Å². The van der Waals surface area contributed by atoms with Crippen molar-refractivity contribution in [2.75, 3.05) is 5.73 Å². The fourth-order valence-corrected chi connectivity index (χ4v) is 2.25. The summed E-state index contributed by atoms with van der Waals surface area (Å²) in [5.41, 5.74) is 12.9. The van der Waals surface area contributed by atoms with Gasteiger partial charge in [0.1, 0.15) is 5.69 Å². The molecule has 2 rings (SSSR count). The van der Waals surface area contributed by atoms with Gasteiger partial charge in [0.25, 0.3) is 5.91 Å². The first-order valence-electron chi connectivity index (χ1n) is 4.65. The maximum Gasteiger partial charge on any atom is 0.267 e. The maximum atomic E-state index is 11.3. The largest absolute Gasteiger partial charge is 0.398 e. The SMILES string of the molecule is Cc1ccc(N)c2c(Br)cnc(C(N)=O)c12. The third kappa shape index (κ3) is 1.53. The molecule has 0 aliphatic rings. The first-order valence-corrected chi connectivity index (χ1v) is 5.44. The van der Waals surface area contributed by atoms with Crippen LogP contribution in [0.25, 0.3) is 10.8 Å². The van der Waals surface area contributed by atoms with Gasteiger partial charge in [-0.1, -0.05) is 6.07 Å². The van der Waals surface area contributed by atoms with Crippen LogP contribution in [0.3, 0.4) is 0 Å². The molecule has 5 heteroatoms. The second-order valence-corrected chi connectivity index (χ2v) is 4.40. The minimum Gasteiger partial charge on any atom is -0.398 e. The van der Waals surface area contributed by atoms with Crippen molar-refractivity contribution < 1.29 is 4.79 Å². The van der Waals surface area contributed by atoms with E-state index in [0.29, 0.717) is 11.1 Å². The number of carbonyl (C=O) groups is 1. The predicted molar refractivity (Wildman–Crippen MR) is 67.1 cm³/mol. The number of benzene rings is 1. The van der Waals surface area contributed by atoms with Gasteiger partial charge in [-0.05, 0) is 34.5 Å². The van der Waals surface area contributed by atoms with Crippen LogP contribution >= 0.6 is 15.9 Å². The minimum atomic E-state index is -0.550. The second kappa shape index (κ2) is 3.75. The number of nitrogen functional groups attached to an aromatic ring is 1. The highest BCUT2D eigenvalue weighted by atomic mass is 79.9. The van der Waals surface area contributed by atoms with E-state index in [2.05, 4.69) is 20.9 Å². The molecule has 2 aromatic rings. The zero-order chi connectivity index (χ0) is 11.9. The molecule has 0 fully saturated rings. The molecule has 16 heavy (non-hydrogen) atoms. The number of hydrogen-bond donors (Lipinski definition) is 2. The molecule has 1 amide bonds. The number of pyridine rings is 1. The number of carbonyl (C=O) groups excluding carboxylic acids is 1. The van der Waals surface area contributed by atoms with Crippen LogP contribution < -0.4 is 11.5 Å². The molecule has 82 valence electrons. The third-order valence-corrected chi connectivity index (χ3v) is 3.06. The van der Waals surface area contributed by atoms with Gasteiger partial charge < -0.3 is 11.5 Å². The van der Waals surface area contributed by atoms with Crippen molar-refractivity contribution in [3.63, 3.8) is 0 Å². The summed E-state index contributed by atoms with van der Waals surface area (Å²) in [6, 6.07) is 3.64. The lowest BCUT2D eigenvalue weighted by Crippen LogP contribution is -2.14. The fourth-order valence-electron chi connectivity index (χ4n) is 1.72. The summed E-state index contributed by atoms with van der Waals surface area (Å²) in [6.07, 6.45) is 1.54. The highest BCUT2D eigenvalue weighted by Gasteiger charge is 2.14. The Morgan fingerprint density at radius 2 is 2.06 bits per heavy atom. The van der Waals surface area contributed by atoms with E-state index in [1.807, 2.05) is 13.0 Å². The lowest BCUT2D eigenvalue weighted by molar-refractivity contribution is 0.0997. The maximum absolute atomic E-state index is 11.3. The molecule has 1 aromatic carbocycles. The number of nitrogens with two attached hydrogens (primary N) is 2. The summed E-state index contributed by atoms with van der Waals surface area (Å²) < 4.78 is 0.758. The molecule has 0 radical (unpaired) electrons. The summed E-state index contributed by atoms with van der Waals surface area (Å²) in [6.45, 7) is 1.89. The molecule has 0 aliphatic heterocycles. The van der Waals surface area contributed by atoms with Crippen LogP contribution in [0.4, 0.5) is 5.69 Å². The zero-order valence-corrected chi connectivity index (χ0v) is 10.2. The van der Waals surface area contributed by atoms with Crippen molar-refractivity contribution in [1.82, 2.24) is 4.98 Å². The topological polar surface area (TPSA) is 82.0 Å². The van der Waals surface area contributed by atoms with Gasteiger partial charge in [0.05, 0.1) is 0 Å². The highest BCUT2D eigenvalue weighted by molar-refractivity contribution is 9.10. The number of hydrogen-bond acceptors (Lipinski definition) is 3. The number of aryl methyl sites for hydroxylation is 1. The number of anilines is 1. The number of primary amides is 1. The Balaban J connectivity index is 3.03. The van der Waals surface area contributed by atoms with Crippen LogP contribution in [-0.4, -0.2) is 10.9 Å². The molecule has 0 unspecified atom stereocenters. The van der Waals surface area contributed by atoms with Crippen LogP contribution in [0.5, 0.6) is 0 Å². The van der Waals surface area contributed by atoms with Crippen LogP contribution in [0.2, 0.25) is 0 Å². The van der Waals surface area contributed by atoms with Crippen molar-refractivity contribution in [3.05, 3.63) is 34.1 Å². The summed E-state index contributed by atoms with van der Waals surface area (Å²) in [4.78, 5) is 15.3. The van der Waals surface area contributed by atoms with E-state index in [-0.39, 0.29) is 5.69 Å². The van der Waals surface area contributed by atoms with Crippen molar-refractivity contribution in [2.24, 2.45) is 5.73 Å². The van der Waals surface area contributed by atoms with Crippen LogP contribution in [0.1, 0.15) is 16.1 Å². The van der Waals surface area contributed by atoms with Gasteiger partial charge in [-0.25, -0.2) is 4.98 Å². The molecule has 4 N–H and O–H groups in total. The highest BCUT2D eigenvalue weighted by Crippen LogP contribution is 2.32. The Labute approximate surface area is 101 Å². The summed E-state index contributed by atoms with van der Waals surface area (Å²) in [7, 11) is 0. The summed E-state index contributed by atoms with van der Waals surface area (Å²) in [5.74, 6) is -0.550. The van der Waals surface area contributed by atoms with Crippen LogP contribution in [0.15, 0.2) is 22.8 Å². The molecule has 4 nitrogen and oxygen atoms in total. The number of nitrogens with zero attached hydrogens (tertiary/aromatic N) is 1. The summed E-state index contributed by atoms with van der Waals surface area (Å²) >= 11 is 3.37. The Bertz CT molecular complexity index is 587. The monoisotopic (exact) mass is 279 g/mol. The molecule has 0 atom stereocenters. The molecule has 0 saturated carbocycles. The average Bonchev–Trinajstić information content (AvgIpc) is 2.23. The number of fused-ring (bicyclic) bond motifs is 1. The summed E-state index contributed by atoms with van der Waals surface area (Å²) in [5, 5.41) is 1.49. The molecule has 1 heterocycles. The average molecular weight is 280 g/mol. The number of halogens is 1. The molecule has 0 aliphatic carbocycles. The second-order valence-electron chi connectivity index (χ2n) is 3.54. The van der Waals surface area contributed by atoms with E-state index < -0.39 is 5.91 Å². The Hall–Kier alpha value is -1.62. The van der Waals surface area contributed by atoms with Gasteiger partial charge in [-0.15, -0.1) is 0 Å². The Kier molecular flexibility index (Phi) is 2.55. The standard InChI is InChI=1S/C11H10BrN3O/c1-5-2-3-7(13)9-6(12)4-15-10(8(5)9)11(14)16/h2-4H,13H2,1H3,(H2,14,16). The number of aromatic nitrogens is 1. The van der Waals surface area contributed by atoms with Crippen molar-refractivity contribution in [3.8, 4) is 0 Å². The Morgan fingerprint density at radius 1 is 1.38 bits per heavy atom. The lowest BCUT2D eigenvalue weighted by Gasteiger charge is -2.09. The van der Waals surface area contributed by atoms with E-state index in [9.17, 15) is 4.79 Å². The predicted octanol–water partition coefficient (Wildman–Crippen LogP) is 1.99. The fraction of sp³-hybridized carbons (Fsp3) is 0.0909. The van der Waals surface area contributed by atoms with Crippen LogP contribution in [-0.2, 0) is 0 Å². The zero-order valence-electron chi connectivity index (χ0n) is 8.62. The van der Waals surface area contributed by atoms with Gasteiger partial charge in [-0.3, -0.25) is 4.79 Å². The van der Waals surface area contributed by atoms with E-state index in [4.69, 9.17) is 11.5 Å². The molecular weight excluding hydrogens is 270 g/mol.